The summed E-state index contributed by atoms with van der Waals surface area (Å²) < 4.78 is 0. The Bertz CT molecular complexity index is 622. The zero-order valence-electron chi connectivity index (χ0n) is 11.1. The van der Waals surface area contributed by atoms with E-state index in [-0.39, 0.29) is 0 Å². The van der Waals surface area contributed by atoms with E-state index >= 15 is 0 Å². The van der Waals surface area contributed by atoms with Crippen molar-refractivity contribution in [2.24, 2.45) is 5.92 Å². The van der Waals surface area contributed by atoms with Gasteiger partial charge in [0.15, 0.2) is 0 Å². The fourth-order valence-corrected chi connectivity index (χ4v) is 3.59. The van der Waals surface area contributed by atoms with E-state index in [0.717, 1.165) is 12.8 Å². The monoisotopic (exact) mass is 250 g/mol. The van der Waals surface area contributed by atoms with Crippen molar-refractivity contribution in [3.8, 4) is 0 Å². The summed E-state index contributed by atoms with van der Waals surface area (Å²) in [4.78, 5) is 0. The number of nitrogens with one attached hydrogen (secondary N) is 2. The highest BCUT2D eigenvalue weighted by Gasteiger charge is 2.34. The van der Waals surface area contributed by atoms with Crippen molar-refractivity contribution in [3.05, 3.63) is 64.9 Å². The summed E-state index contributed by atoms with van der Waals surface area (Å²) in [7, 11) is 2.08. The molecule has 3 aliphatic rings. The van der Waals surface area contributed by atoms with Crippen LogP contribution >= 0.6 is 0 Å². The predicted molar refractivity (Wildman–Crippen MR) is 79.0 cm³/mol. The molecule has 1 heterocycles. The lowest BCUT2D eigenvalue weighted by molar-refractivity contribution is 0.412. The maximum absolute atomic E-state index is 3.62. The van der Waals surface area contributed by atoms with Gasteiger partial charge in [-0.05, 0) is 48.7 Å². The predicted octanol–water partition coefficient (Wildman–Crippen LogP) is 3.01. The van der Waals surface area contributed by atoms with E-state index in [0.29, 0.717) is 12.0 Å². The molecule has 2 N–H and O–H groups in total. The molecule has 0 spiro atoms. The van der Waals surface area contributed by atoms with Crippen molar-refractivity contribution >= 4 is 5.69 Å². The quantitative estimate of drug-likeness (QED) is 0.800. The van der Waals surface area contributed by atoms with Crippen molar-refractivity contribution in [1.82, 2.24) is 5.32 Å². The molecule has 0 radical (unpaired) electrons. The fourth-order valence-electron chi connectivity index (χ4n) is 3.59. The third kappa shape index (κ3) is 1.60. The Morgan fingerprint density at radius 3 is 3.00 bits per heavy atom. The minimum atomic E-state index is 0.543. The van der Waals surface area contributed by atoms with Crippen LogP contribution in [-0.2, 0) is 6.42 Å². The largest absolute Gasteiger partial charge is 0.355 e. The molecule has 4 rings (SSSR count). The van der Waals surface area contributed by atoms with Gasteiger partial charge < -0.3 is 10.6 Å². The number of allylic oxidation sites excluding steroid dienone is 3. The molecule has 1 aromatic carbocycles. The molecule has 0 aromatic heterocycles. The van der Waals surface area contributed by atoms with Gasteiger partial charge in [0, 0.05) is 23.3 Å². The normalized spacial score (nSPS) is 27.3. The van der Waals surface area contributed by atoms with Gasteiger partial charge in [-0.1, -0.05) is 30.4 Å². The second-order valence-corrected chi connectivity index (χ2v) is 5.54. The van der Waals surface area contributed by atoms with Crippen molar-refractivity contribution in [2.75, 3.05) is 12.4 Å². The van der Waals surface area contributed by atoms with Crippen molar-refractivity contribution < 1.29 is 0 Å². The maximum Gasteiger partial charge on any atom is 0.0426 e. The van der Waals surface area contributed by atoms with E-state index in [9.17, 15) is 0 Å². The summed E-state index contributed by atoms with van der Waals surface area (Å²) in [6.07, 6.45) is 9.10. The van der Waals surface area contributed by atoms with E-state index in [4.69, 9.17) is 0 Å². The molecule has 0 amide bonds. The number of para-hydroxylation sites is 1. The standard InChI is InChI=1S/C17H18N2/c1-18-15-8-6-11-7-9-16-17(11)13(15)10-12-4-2-3-5-14(12)19-16/h2-7,9,13,15,18-19H,8,10H2,1H3/t13-,15-/m1/s1. The van der Waals surface area contributed by atoms with Gasteiger partial charge in [0.05, 0.1) is 0 Å². The average molecular weight is 250 g/mol. The fraction of sp³-hybridized carbons (Fsp3) is 0.294. The molecule has 19 heavy (non-hydrogen) atoms. The first-order chi connectivity index (χ1) is 9.36. The molecule has 96 valence electrons. The van der Waals surface area contributed by atoms with Gasteiger partial charge in [-0.3, -0.25) is 0 Å². The number of anilines is 1. The van der Waals surface area contributed by atoms with Gasteiger partial charge in [0.25, 0.3) is 0 Å². The van der Waals surface area contributed by atoms with E-state index in [1.165, 1.54) is 28.1 Å². The molecule has 0 saturated heterocycles. The molecular formula is C17H18N2. The zero-order valence-corrected chi connectivity index (χ0v) is 11.1. The van der Waals surface area contributed by atoms with Crippen LogP contribution in [0.4, 0.5) is 5.69 Å². The first kappa shape index (κ1) is 11.1. The highest BCUT2D eigenvalue weighted by atomic mass is 14.9. The van der Waals surface area contributed by atoms with Crippen molar-refractivity contribution in [3.63, 3.8) is 0 Å². The molecule has 2 atom stereocenters. The van der Waals surface area contributed by atoms with Crippen LogP contribution in [0.3, 0.4) is 0 Å². The zero-order chi connectivity index (χ0) is 12.8. The molecule has 0 unspecified atom stereocenters. The number of fused-ring (bicyclic) bond motifs is 1. The van der Waals surface area contributed by atoms with Gasteiger partial charge in [-0.2, -0.15) is 0 Å². The highest BCUT2D eigenvalue weighted by molar-refractivity contribution is 5.67. The van der Waals surface area contributed by atoms with Crippen LogP contribution in [0.5, 0.6) is 0 Å². The molecule has 2 nitrogen and oxygen atoms in total. The third-order valence-electron chi connectivity index (χ3n) is 4.58. The van der Waals surface area contributed by atoms with Crippen LogP contribution in [0, 0.1) is 5.92 Å². The van der Waals surface area contributed by atoms with Gasteiger partial charge in [0.1, 0.15) is 0 Å². The molecule has 2 aliphatic carbocycles. The lowest BCUT2D eigenvalue weighted by Gasteiger charge is -2.31. The molecular weight excluding hydrogens is 232 g/mol. The Hall–Kier alpha value is -1.80. The van der Waals surface area contributed by atoms with Crippen molar-refractivity contribution in [1.29, 1.82) is 0 Å². The summed E-state index contributed by atoms with van der Waals surface area (Å²) in [6.45, 7) is 0. The van der Waals surface area contributed by atoms with Crippen LogP contribution in [0.25, 0.3) is 0 Å². The molecule has 1 aliphatic heterocycles. The second kappa shape index (κ2) is 4.10. The van der Waals surface area contributed by atoms with Crippen LogP contribution in [0.2, 0.25) is 0 Å². The van der Waals surface area contributed by atoms with Crippen LogP contribution in [0.1, 0.15) is 12.0 Å². The Morgan fingerprint density at radius 1 is 1.21 bits per heavy atom. The minimum Gasteiger partial charge on any atom is -0.355 e. The van der Waals surface area contributed by atoms with E-state index in [1.807, 2.05) is 0 Å². The summed E-state index contributed by atoms with van der Waals surface area (Å²) in [6, 6.07) is 9.22. The van der Waals surface area contributed by atoms with Crippen LogP contribution in [0.15, 0.2) is 59.3 Å². The molecule has 1 aromatic rings. The maximum atomic E-state index is 3.62. The molecule has 0 saturated carbocycles. The first-order valence-electron chi connectivity index (χ1n) is 7.02. The average Bonchev–Trinajstić information content (AvgIpc) is 2.76. The lowest BCUT2D eigenvalue weighted by Crippen LogP contribution is -2.37. The van der Waals surface area contributed by atoms with E-state index in [2.05, 4.69) is 60.2 Å². The Kier molecular flexibility index (Phi) is 2.39. The summed E-state index contributed by atoms with van der Waals surface area (Å²) in [5, 5.41) is 7.12. The van der Waals surface area contributed by atoms with E-state index < -0.39 is 0 Å². The minimum absolute atomic E-state index is 0.543. The van der Waals surface area contributed by atoms with Gasteiger partial charge >= 0.3 is 0 Å². The topological polar surface area (TPSA) is 24.1 Å². The second-order valence-electron chi connectivity index (χ2n) is 5.54. The summed E-state index contributed by atoms with van der Waals surface area (Å²) >= 11 is 0. The highest BCUT2D eigenvalue weighted by Crippen LogP contribution is 2.42. The molecule has 0 bridgehead atoms. The van der Waals surface area contributed by atoms with Crippen molar-refractivity contribution in [2.45, 2.75) is 18.9 Å². The number of hydrogen-bond donors (Lipinski definition) is 2. The summed E-state index contributed by atoms with van der Waals surface area (Å²) in [5.74, 6) is 0.575. The third-order valence-corrected chi connectivity index (χ3v) is 4.58. The first-order valence-corrected chi connectivity index (χ1v) is 7.02. The molecule has 2 heteroatoms. The number of benzene rings is 1. The van der Waals surface area contributed by atoms with Crippen LogP contribution < -0.4 is 10.6 Å². The van der Waals surface area contributed by atoms with Crippen LogP contribution in [-0.4, -0.2) is 13.1 Å². The Morgan fingerprint density at radius 2 is 2.11 bits per heavy atom. The van der Waals surface area contributed by atoms with Gasteiger partial charge in [-0.25, -0.2) is 0 Å². The number of hydrogen-bond acceptors (Lipinski definition) is 2. The number of rotatable bonds is 1. The lowest BCUT2D eigenvalue weighted by atomic mass is 9.78. The smallest absolute Gasteiger partial charge is 0.0426 e. The van der Waals surface area contributed by atoms with Gasteiger partial charge in [-0.15, -0.1) is 0 Å². The SMILES string of the molecule is CN[C@@H]1CC=C2C=CC3=C2[C@@H]1Cc1ccccc1N3. The molecule has 0 fully saturated rings. The van der Waals surface area contributed by atoms with E-state index in [1.54, 1.807) is 0 Å². The Labute approximate surface area is 113 Å². The summed E-state index contributed by atoms with van der Waals surface area (Å²) in [5.41, 5.74) is 6.91. The van der Waals surface area contributed by atoms with Gasteiger partial charge in [0.2, 0.25) is 0 Å². The Balaban J connectivity index is 1.87.